The highest BCUT2D eigenvalue weighted by molar-refractivity contribution is 7.89. The number of nitrogens with zero attached hydrogens (tertiary/aromatic N) is 1. The van der Waals surface area contributed by atoms with Crippen molar-refractivity contribution >= 4 is 27.3 Å². The van der Waals surface area contributed by atoms with Gasteiger partial charge in [-0.2, -0.15) is 0 Å². The first-order chi connectivity index (χ1) is 12.4. The van der Waals surface area contributed by atoms with E-state index in [0.717, 1.165) is 18.5 Å². The number of aliphatic imine (C=N–C) groups is 1. The van der Waals surface area contributed by atoms with Gasteiger partial charge in [0.05, 0.1) is 4.90 Å². The maximum atomic E-state index is 11.9. The van der Waals surface area contributed by atoms with Crippen LogP contribution < -0.4 is 15.4 Å². The number of rotatable bonds is 8. The quantitative estimate of drug-likeness (QED) is 0.473. The first kappa shape index (κ1) is 20.4. The summed E-state index contributed by atoms with van der Waals surface area (Å²) in [5.74, 6) is 1.18. The van der Waals surface area contributed by atoms with Crippen molar-refractivity contribution in [3.8, 4) is 0 Å². The normalized spacial score (nSPS) is 13.4. The fourth-order valence-corrected chi connectivity index (χ4v) is 4.13. The van der Waals surface area contributed by atoms with Gasteiger partial charge in [0.25, 0.3) is 0 Å². The zero-order valence-electron chi connectivity index (χ0n) is 15.3. The lowest BCUT2D eigenvalue weighted by Crippen LogP contribution is -2.39. The van der Waals surface area contributed by atoms with E-state index in [1.165, 1.54) is 11.9 Å². The van der Waals surface area contributed by atoms with Crippen LogP contribution in [0.5, 0.6) is 0 Å². The number of hydrogen-bond acceptors (Lipinski definition) is 4. The van der Waals surface area contributed by atoms with Crippen LogP contribution in [0.3, 0.4) is 0 Å². The van der Waals surface area contributed by atoms with Crippen LogP contribution in [0.4, 0.5) is 0 Å². The largest absolute Gasteiger partial charge is 0.356 e. The number of benzene rings is 1. The summed E-state index contributed by atoms with van der Waals surface area (Å²) in [6.45, 7) is 3.50. The lowest BCUT2D eigenvalue weighted by Gasteiger charge is -2.16. The van der Waals surface area contributed by atoms with Crippen molar-refractivity contribution in [3.05, 3.63) is 52.2 Å². The average Bonchev–Trinajstić information content (AvgIpc) is 3.15. The fourth-order valence-electron chi connectivity index (χ4n) is 2.46. The summed E-state index contributed by atoms with van der Waals surface area (Å²) in [4.78, 5) is 5.86. The van der Waals surface area contributed by atoms with Gasteiger partial charge in [-0.05, 0) is 48.5 Å². The minimum Gasteiger partial charge on any atom is -0.356 e. The third kappa shape index (κ3) is 6.12. The molecule has 2 aromatic rings. The van der Waals surface area contributed by atoms with Crippen molar-refractivity contribution in [3.63, 3.8) is 0 Å². The van der Waals surface area contributed by atoms with Gasteiger partial charge in [-0.25, -0.2) is 13.1 Å². The Hall–Kier alpha value is -1.90. The van der Waals surface area contributed by atoms with Gasteiger partial charge < -0.3 is 10.6 Å². The smallest absolute Gasteiger partial charge is 0.240 e. The summed E-state index contributed by atoms with van der Waals surface area (Å²) in [7, 11) is -0.304. The molecular formula is C18H26N4O2S2. The van der Waals surface area contributed by atoms with Crippen LogP contribution in [0.1, 0.15) is 17.4 Å². The molecule has 1 aromatic carbocycles. The molecule has 0 radical (unpaired) electrons. The highest BCUT2D eigenvalue weighted by Crippen LogP contribution is 2.14. The van der Waals surface area contributed by atoms with E-state index < -0.39 is 10.0 Å². The Bertz CT molecular complexity index is 817. The zero-order valence-corrected chi connectivity index (χ0v) is 17.0. The van der Waals surface area contributed by atoms with E-state index in [-0.39, 0.29) is 4.90 Å². The summed E-state index contributed by atoms with van der Waals surface area (Å²) >= 11 is 1.78. The lowest BCUT2D eigenvalue weighted by atomic mass is 10.1. The molecule has 0 aliphatic heterocycles. The first-order valence-electron chi connectivity index (χ1n) is 8.44. The molecule has 1 atom stereocenters. The summed E-state index contributed by atoms with van der Waals surface area (Å²) in [6.07, 6.45) is 1.03. The molecule has 8 heteroatoms. The Morgan fingerprint density at radius 2 is 2.04 bits per heavy atom. The molecule has 0 amide bonds. The van der Waals surface area contributed by atoms with Crippen molar-refractivity contribution in [2.45, 2.75) is 24.8 Å². The van der Waals surface area contributed by atoms with E-state index in [1.807, 2.05) is 6.07 Å². The molecule has 0 bridgehead atoms. The Morgan fingerprint density at radius 1 is 1.23 bits per heavy atom. The predicted octanol–water partition coefficient (Wildman–Crippen LogP) is 2.20. The lowest BCUT2D eigenvalue weighted by molar-refractivity contribution is 0.562. The number of sulfonamides is 1. The molecule has 2 rings (SSSR count). The van der Waals surface area contributed by atoms with Crippen LogP contribution in [-0.4, -0.2) is 35.0 Å². The summed E-state index contributed by atoms with van der Waals surface area (Å²) in [5, 5.41) is 8.64. The third-order valence-corrected chi connectivity index (χ3v) is 6.22. The zero-order chi connectivity index (χ0) is 19.0. The van der Waals surface area contributed by atoms with Crippen molar-refractivity contribution in [2.75, 3.05) is 20.6 Å². The van der Waals surface area contributed by atoms with E-state index in [9.17, 15) is 8.42 Å². The minimum atomic E-state index is -3.43. The van der Waals surface area contributed by atoms with Crippen molar-refractivity contribution in [1.29, 1.82) is 0 Å². The van der Waals surface area contributed by atoms with Crippen LogP contribution in [0.2, 0.25) is 0 Å². The average molecular weight is 395 g/mol. The number of thiophene rings is 1. The Kier molecular flexibility index (Phi) is 7.62. The van der Waals surface area contributed by atoms with Gasteiger partial charge in [0, 0.05) is 25.0 Å². The molecule has 1 unspecified atom stereocenters. The van der Waals surface area contributed by atoms with Crippen LogP contribution in [0, 0.1) is 5.92 Å². The highest BCUT2D eigenvalue weighted by atomic mass is 32.2. The molecule has 1 aromatic heterocycles. The Morgan fingerprint density at radius 3 is 2.69 bits per heavy atom. The van der Waals surface area contributed by atoms with Crippen LogP contribution in [0.25, 0.3) is 0 Å². The van der Waals surface area contributed by atoms with Crippen LogP contribution >= 0.6 is 11.3 Å². The van der Waals surface area contributed by atoms with E-state index in [4.69, 9.17) is 0 Å². The number of nitrogens with one attached hydrogen (secondary N) is 3. The second kappa shape index (κ2) is 9.70. The SMILES string of the molecule is CN=C(NCc1cccc(S(=O)(=O)NC)c1)NCC(C)Cc1cccs1. The maximum absolute atomic E-state index is 11.9. The summed E-state index contributed by atoms with van der Waals surface area (Å²) < 4.78 is 26.1. The Balaban J connectivity index is 1.86. The third-order valence-electron chi connectivity index (χ3n) is 3.91. The first-order valence-corrected chi connectivity index (χ1v) is 10.8. The van der Waals surface area contributed by atoms with Gasteiger partial charge in [-0.1, -0.05) is 25.1 Å². The topological polar surface area (TPSA) is 82.6 Å². The van der Waals surface area contributed by atoms with Gasteiger partial charge in [0.1, 0.15) is 0 Å². The van der Waals surface area contributed by atoms with Gasteiger partial charge in [-0.3, -0.25) is 4.99 Å². The van der Waals surface area contributed by atoms with Crippen molar-refractivity contribution < 1.29 is 8.42 Å². The standard InChI is InChI=1S/C18H26N4O2S2/c1-14(10-16-7-5-9-25-16)12-21-18(19-2)22-13-15-6-4-8-17(11-15)26(23,24)20-3/h4-9,11,14,20H,10,12-13H2,1-3H3,(H2,19,21,22). The molecule has 0 spiro atoms. The van der Waals surface area contributed by atoms with E-state index in [1.54, 1.807) is 36.6 Å². The maximum Gasteiger partial charge on any atom is 0.240 e. The van der Waals surface area contributed by atoms with Gasteiger partial charge in [0.15, 0.2) is 5.96 Å². The summed E-state index contributed by atoms with van der Waals surface area (Å²) in [5.41, 5.74) is 0.871. The fraction of sp³-hybridized carbons (Fsp3) is 0.389. The van der Waals surface area contributed by atoms with E-state index in [0.29, 0.717) is 18.4 Å². The van der Waals surface area contributed by atoms with Crippen molar-refractivity contribution in [1.82, 2.24) is 15.4 Å². The molecule has 0 saturated heterocycles. The molecule has 3 N–H and O–H groups in total. The Labute approximate surface area is 159 Å². The monoisotopic (exact) mass is 394 g/mol. The van der Waals surface area contributed by atoms with Gasteiger partial charge in [-0.15, -0.1) is 11.3 Å². The summed E-state index contributed by atoms with van der Waals surface area (Å²) in [6, 6.07) is 11.1. The molecule has 0 saturated carbocycles. The number of guanidine groups is 1. The van der Waals surface area contributed by atoms with Crippen LogP contribution in [-0.2, 0) is 23.0 Å². The van der Waals surface area contributed by atoms with Gasteiger partial charge >= 0.3 is 0 Å². The van der Waals surface area contributed by atoms with Crippen LogP contribution in [0.15, 0.2) is 51.7 Å². The molecule has 0 aliphatic carbocycles. The molecule has 0 fully saturated rings. The molecule has 0 aliphatic rings. The number of hydrogen-bond donors (Lipinski definition) is 3. The molecule has 6 nitrogen and oxygen atoms in total. The molecule has 1 heterocycles. The second-order valence-electron chi connectivity index (χ2n) is 6.05. The molecular weight excluding hydrogens is 368 g/mol. The second-order valence-corrected chi connectivity index (χ2v) is 8.97. The minimum absolute atomic E-state index is 0.256. The molecule has 26 heavy (non-hydrogen) atoms. The highest BCUT2D eigenvalue weighted by Gasteiger charge is 2.11. The molecule has 142 valence electrons. The predicted molar refractivity (Wildman–Crippen MR) is 108 cm³/mol. The van der Waals surface area contributed by atoms with Gasteiger partial charge in [0.2, 0.25) is 10.0 Å². The van der Waals surface area contributed by atoms with E-state index >= 15 is 0 Å². The van der Waals surface area contributed by atoms with Crippen molar-refractivity contribution in [2.24, 2.45) is 10.9 Å². The van der Waals surface area contributed by atoms with E-state index in [2.05, 4.69) is 44.8 Å².